The van der Waals surface area contributed by atoms with E-state index < -0.39 is 0 Å². The highest BCUT2D eigenvalue weighted by molar-refractivity contribution is 7.26. The summed E-state index contributed by atoms with van der Waals surface area (Å²) in [5, 5.41) is 7.53. The van der Waals surface area contributed by atoms with Gasteiger partial charge in [-0.15, -0.1) is 11.3 Å². The van der Waals surface area contributed by atoms with E-state index in [2.05, 4.69) is 91.6 Å². The molecule has 6 rings (SSSR count). The van der Waals surface area contributed by atoms with Crippen LogP contribution in [0.1, 0.15) is 25.3 Å². The number of benzene rings is 4. The smallest absolute Gasteiger partial charge is 0.128 e. The Labute approximate surface area is 178 Å². The lowest BCUT2D eigenvalue weighted by Gasteiger charge is -2.13. The topological polar surface area (TPSA) is 25.8 Å². The summed E-state index contributed by atoms with van der Waals surface area (Å²) in [6.07, 6.45) is 1.71. The molecule has 6 aromatic rings. The summed E-state index contributed by atoms with van der Waals surface area (Å²) in [6.45, 7) is 4.51. The van der Waals surface area contributed by atoms with Crippen LogP contribution in [-0.4, -0.2) is 9.97 Å². The number of nitrogens with zero attached hydrogens (tertiary/aromatic N) is 2. The molecule has 0 aliphatic rings. The first kappa shape index (κ1) is 17.5. The molecule has 0 unspecified atom stereocenters. The van der Waals surface area contributed by atoms with Gasteiger partial charge in [-0.1, -0.05) is 74.5 Å². The molecule has 3 heteroatoms. The van der Waals surface area contributed by atoms with Gasteiger partial charge >= 0.3 is 0 Å². The molecule has 0 saturated heterocycles. The lowest BCUT2D eigenvalue weighted by molar-refractivity contribution is 0.876. The van der Waals surface area contributed by atoms with E-state index in [1.165, 1.54) is 37.2 Å². The average Bonchev–Trinajstić information content (AvgIpc) is 3.17. The van der Waals surface area contributed by atoms with Gasteiger partial charge in [0.05, 0.1) is 5.69 Å². The van der Waals surface area contributed by atoms with Crippen molar-refractivity contribution >= 4 is 53.2 Å². The zero-order chi connectivity index (χ0) is 20.2. The van der Waals surface area contributed by atoms with Crippen molar-refractivity contribution in [1.29, 1.82) is 0 Å². The highest BCUT2D eigenvalue weighted by atomic mass is 32.1. The first-order valence-electron chi connectivity index (χ1n) is 10.3. The van der Waals surface area contributed by atoms with Crippen molar-refractivity contribution in [3.05, 3.63) is 84.7 Å². The van der Waals surface area contributed by atoms with Crippen molar-refractivity contribution < 1.29 is 0 Å². The van der Waals surface area contributed by atoms with Gasteiger partial charge in [-0.2, -0.15) is 0 Å². The normalized spacial score (nSPS) is 12.0. The van der Waals surface area contributed by atoms with Gasteiger partial charge in [0.25, 0.3) is 0 Å². The minimum absolute atomic E-state index is 0.440. The molecule has 0 fully saturated rings. The van der Waals surface area contributed by atoms with Crippen molar-refractivity contribution in [2.24, 2.45) is 0 Å². The second-order valence-electron chi connectivity index (χ2n) is 8.11. The maximum absolute atomic E-state index is 4.78. The van der Waals surface area contributed by atoms with Gasteiger partial charge in [0, 0.05) is 21.0 Å². The molecule has 144 valence electrons. The van der Waals surface area contributed by atoms with Crippen LogP contribution in [0.3, 0.4) is 0 Å². The average molecular weight is 405 g/mol. The molecule has 0 N–H and O–H groups in total. The van der Waals surface area contributed by atoms with E-state index in [0.29, 0.717) is 5.92 Å². The summed E-state index contributed by atoms with van der Waals surface area (Å²) >= 11 is 1.76. The Morgan fingerprint density at radius 1 is 0.733 bits per heavy atom. The maximum atomic E-state index is 4.78. The van der Waals surface area contributed by atoms with E-state index in [1.54, 1.807) is 17.7 Å². The Kier molecular flexibility index (Phi) is 3.87. The van der Waals surface area contributed by atoms with Crippen LogP contribution < -0.4 is 0 Å². The van der Waals surface area contributed by atoms with Crippen molar-refractivity contribution in [2.75, 3.05) is 0 Å². The third-order valence-electron chi connectivity index (χ3n) is 5.95. The molecule has 0 atom stereocenters. The van der Waals surface area contributed by atoms with Gasteiger partial charge in [0.2, 0.25) is 0 Å². The summed E-state index contributed by atoms with van der Waals surface area (Å²) < 4.78 is 1.29. The number of hydrogen-bond acceptors (Lipinski definition) is 3. The van der Waals surface area contributed by atoms with Crippen LogP contribution >= 0.6 is 11.3 Å². The molecule has 4 aromatic carbocycles. The fraction of sp³-hybridized carbons (Fsp3) is 0.111. The van der Waals surface area contributed by atoms with Gasteiger partial charge in [-0.3, -0.25) is 0 Å². The molecule has 30 heavy (non-hydrogen) atoms. The predicted molar refractivity (Wildman–Crippen MR) is 129 cm³/mol. The molecular formula is C27H20N2S. The highest BCUT2D eigenvalue weighted by Crippen LogP contribution is 2.42. The third kappa shape index (κ3) is 2.55. The fourth-order valence-electron chi connectivity index (χ4n) is 4.51. The van der Waals surface area contributed by atoms with Crippen molar-refractivity contribution in [1.82, 2.24) is 9.97 Å². The third-order valence-corrected chi connectivity index (χ3v) is 7.10. The summed E-state index contributed by atoms with van der Waals surface area (Å²) in [4.78, 5) is 10.5. The van der Waals surface area contributed by atoms with Crippen LogP contribution in [0.2, 0.25) is 0 Å². The van der Waals surface area contributed by atoms with Gasteiger partial charge < -0.3 is 0 Å². The van der Waals surface area contributed by atoms with Gasteiger partial charge in [0.15, 0.2) is 0 Å². The number of rotatable bonds is 2. The van der Waals surface area contributed by atoms with E-state index in [1.807, 2.05) is 0 Å². The van der Waals surface area contributed by atoms with Crippen molar-refractivity contribution in [3.8, 4) is 11.3 Å². The molecule has 0 spiro atoms. The fourth-order valence-corrected chi connectivity index (χ4v) is 5.69. The molecule has 2 aromatic heterocycles. The standard InChI is InChI=1S/C27H20N2S/c1-16(2)23-14-19(13-18-8-4-5-9-20(18)23)25-24-22-12-11-17-7-3-6-10-21(17)26(22)30-27(24)29-15-28-25/h3-16H,1-2H3. The largest absolute Gasteiger partial charge is 0.236 e. The molecule has 2 heterocycles. The van der Waals surface area contributed by atoms with E-state index in [-0.39, 0.29) is 0 Å². The molecule has 0 aliphatic heterocycles. The number of hydrogen-bond donors (Lipinski definition) is 0. The number of aromatic nitrogens is 2. The second kappa shape index (κ2) is 6.61. The quantitative estimate of drug-likeness (QED) is 0.293. The lowest BCUT2D eigenvalue weighted by Crippen LogP contribution is -1.93. The summed E-state index contributed by atoms with van der Waals surface area (Å²) in [5.74, 6) is 0.440. The van der Waals surface area contributed by atoms with Crippen LogP contribution in [-0.2, 0) is 0 Å². The van der Waals surface area contributed by atoms with Crippen molar-refractivity contribution in [2.45, 2.75) is 19.8 Å². The Morgan fingerprint density at radius 2 is 1.50 bits per heavy atom. The SMILES string of the molecule is CC(C)c1cc(-c2ncnc3sc4c5ccccc5ccc4c23)cc2ccccc12. The Bertz CT molecular complexity index is 1580. The van der Waals surface area contributed by atoms with Gasteiger partial charge in [-0.05, 0) is 45.2 Å². The minimum atomic E-state index is 0.440. The lowest BCUT2D eigenvalue weighted by atomic mass is 9.92. The van der Waals surface area contributed by atoms with E-state index >= 15 is 0 Å². The highest BCUT2D eigenvalue weighted by Gasteiger charge is 2.17. The van der Waals surface area contributed by atoms with Crippen LogP contribution in [0, 0.1) is 0 Å². The van der Waals surface area contributed by atoms with E-state index in [4.69, 9.17) is 4.98 Å². The van der Waals surface area contributed by atoms with E-state index in [0.717, 1.165) is 21.5 Å². The molecule has 2 nitrogen and oxygen atoms in total. The van der Waals surface area contributed by atoms with E-state index in [9.17, 15) is 0 Å². The van der Waals surface area contributed by atoms with Crippen LogP contribution in [0.5, 0.6) is 0 Å². The minimum Gasteiger partial charge on any atom is -0.236 e. The monoisotopic (exact) mass is 404 g/mol. The maximum Gasteiger partial charge on any atom is 0.128 e. The zero-order valence-corrected chi connectivity index (χ0v) is 17.7. The first-order chi connectivity index (χ1) is 14.7. The Morgan fingerprint density at radius 3 is 2.33 bits per heavy atom. The molecular weight excluding hydrogens is 384 g/mol. The molecule has 0 saturated carbocycles. The molecule has 0 radical (unpaired) electrons. The Balaban J connectivity index is 1.72. The van der Waals surface area contributed by atoms with Gasteiger partial charge in [-0.25, -0.2) is 9.97 Å². The first-order valence-corrected chi connectivity index (χ1v) is 11.1. The van der Waals surface area contributed by atoms with Gasteiger partial charge in [0.1, 0.15) is 11.2 Å². The van der Waals surface area contributed by atoms with Crippen molar-refractivity contribution in [3.63, 3.8) is 0 Å². The predicted octanol–water partition coefficient (Wildman–Crippen LogP) is 7.94. The summed E-state index contributed by atoms with van der Waals surface area (Å²) in [7, 11) is 0. The zero-order valence-electron chi connectivity index (χ0n) is 16.9. The number of thiophene rings is 1. The number of fused-ring (bicyclic) bond motifs is 6. The molecule has 0 amide bonds. The van der Waals surface area contributed by atoms with Crippen LogP contribution in [0.25, 0.3) is 53.1 Å². The van der Waals surface area contributed by atoms with Crippen LogP contribution in [0.15, 0.2) is 79.1 Å². The van der Waals surface area contributed by atoms with Crippen LogP contribution in [0.4, 0.5) is 0 Å². The summed E-state index contributed by atoms with van der Waals surface area (Å²) in [6, 6.07) is 26.2. The second-order valence-corrected chi connectivity index (χ2v) is 9.11. The summed E-state index contributed by atoms with van der Waals surface area (Å²) in [5.41, 5.74) is 3.55. The molecule has 0 bridgehead atoms. The molecule has 0 aliphatic carbocycles. The Hall–Kier alpha value is -3.30.